The number of methoxy groups -OCH3 is 1. The monoisotopic (exact) mass is 365 g/mol. The molecule has 0 spiro atoms. The predicted octanol–water partition coefficient (Wildman–Crippen LogP) is 1.87. The Labute approximate surface area is 155 Å². The molecule has 1 amide bonds. The van der Waals surface area contributed by atoms with Crippen molar-refractivity contribution < 1.29 is 9.53 Å². The molecule has 8 heteroatoms. The van der Waals surface area contributed by atoms with Crippen LogP contribution in [0.5, 0.6) is 5.88 Å². The van der Waals surface area contributed by atoms with Crippen LogP contribution in [0.1, 0.15) is 23.2 Å². The number of carbonyl (C=O) groups is 1. The van der Waals surface area contributed by atoms with Gasteiger partial charge in [-0.3, -0.25) is 14.7 Å². The van der Waals surface area contributed by atoms with Crippen LogP contribution in [0.25, 0.3) is 16.9 Å². The molecule has 0 aromatic carbocycles. The Morgan fingerprint density at radius 1 is 1.30 bits per heavy atom. The number of H-pyrrole nitrogens is 1. The summed E-state index contributed by atoms with van der Waals surface area (Å²) in [5.74, 6) is 0.790. The Morgan fingerprint density at radius 3 is 2.78 bits per heavy atom. The quantitative estimate of drug-likeness (QED) is 0.745. The molecule has 3 aromatic rings. The lowest BCUT2D eigenvalue weighted by Crippen LogP contribution is -2.28. The Balaban J connectivity index is 1.61. The van der Waals surface area contributed by atoms with Gasteiger partial charge in [-0.05, 0) is 36.6 Å². The minimum Gasteiger partial charge on any atom is -0.481 e. The lowest BCUT2D eigenvalue weighted by molar-refractivity contribution is 0.0784. The molecule has 138 valence electrons. The molecule has 1 aliphatic rings. The van der Waals surface area contributed by atoms with Gasteiger partial charge in [0.25, 0.3) is 11.5 Å². The number of rotatable bonds is 5. The van der Waals surface area contributed by atoms with Gasteiger partial charge in [0.1, 0.15) is 0 Å². The van der Waals surface area contributed by atoms with Gasteiger partial charge >= 0.3 is 0 Å². The fourth-order valence-corrected chi connectivity index (χ4v) is 2.91. The summed E-state index contributed by atoms with van der Waals surface area (Å²) in [5.41, 5.74) is 1.43. The first-order valence-corrected chi connectivity index (χ1v) is 8.63. The molecule has 3 aromatic heterocycles. The van der Waals surface area contributed by atoms with E-state index in [0.29, 0.717) is 34.4 Å². The molecular formula is C19H19N5O3. The fourth-order valence-electron chi connectivity index (χ4n) is 2.91. The minimum atomic E-state index is -0.245. The first-order chi connectivity index (χ1) is 13.1. The molecule has 1 saturated carbocycles. The van der Waals surface area contributed by atoms with E-state index in [1.807, 2.05) is 0 Å². The zero-order chi connectivity index (χ0) is 19.0. The summed E-state index contributed by atoms with van der Waals surface area (Å²) in [6, 6.07) is 7.11. The molecule has 1 aliphatic carbocycles. The average molecular weight is 365 g/mol. The van der Waals surface area contributed by atoms with Crippen molar-refractivity contribution in [2.45, 2.75) is 18.9 Å². The average Bonchev–Trinajstić information content (AvgIpc) is 3.49. The number of aromatic nitrogens is 4. The van der Waals surface area contributed by atoms with E-state index in [2.05, 4.69) is 15.1 Å². The Hall–Kier alpha value is -3.42. The van der Waals surface area contributed by atoms with E-state index in [0.717, 1.165) is 12.8 Å². The highest BCUT2D eigenvalue weighted by Crippen LogP contribution is 2.26. The van der Waals surface area contributed by atoms with Crippen LogP contribution < -0.4 is 10.3 Å². The number of amides is 1. The number of hydrogen-bond donors (Lipinski definition) is 1. The highest BCUT2D eigenvalue weighted by atomic mass is 16.5. The third-order valence-electron chi connectivity index (χ3n) is 4.67. The normalized spacial score (nSPS) is 13.4. The van der Waals surface area contributed by atoms with Crippen LogP contribution in [0, 0.1) is 0 Å². The highest BCUT2D eigenvalue weighted by Gasteiger charge is 2.30. The largest absolute Gasteiger partial charge is 0.481 e. The first kappa shape index (κ1) is 17.0. The number of ether oxygens (including phenoxy) is 1. The molecule has 1 N–H and O–H groups in total. The summed E-state index contributed by atoms with van der Waals surface area (Å²) in [4.78, 5) is 35.2. The van der Waals surface area contributed by atoms with Crippen molar-refractivity contribution in [1.82, 2.24) is 24.6 Å². The topological polar surface area (TPSA) is 93.1 Å². The van der Waals surface area contributed by atoms with E-state index in [9.17, 15) is 9.59 Å². The summed E-state index contributed by atoms with van der Waals surface area (Å²) < 4.78 is 6.44. The smallest absolute Gasteiger partial charge is 0.280 e. The van der Waals surface area contributed by atoms with E-state index in [-0.39, 0.29) is 11.5 Å². The number of nitrogens with one attached hydrogen (secondary N) is 1. The molecule has 3 heterocycles. The van der Waals surface area contributed by atoms with Crippen LogP contribution in [0.2, 0.25) is 0 Å². The number of aromatic amines is 1. The van der Waals surface area contributed by atoms with Crippen molar-refractivity contribution in [2.24, 2.45) is 0 Å². The van der Waals surface area contributed by atoms with Gasteiger partial charge < -0.3 is 9.64 Å². The van der Waals surface area contributed by atoms with Gasteiger partial charge in [-0.25, -0.2) is 14.6 Å². The summed E-state index contributed by atoms with van der Waals surface area (Å²) in [7, 11) is 3.33. The van der Waals surface area contributed by atoms with Gasteiger partial charge in [0.05, 0.1) is 18.2 Å². The van der Waals surface area contributed by atoms with Crippen molar-refractivity contribution in [3.63, 3.8) is 0 Å². The molecule has 0 radical (unpaired) electrons. The summed E-state index contributed by atoms with van der Waals surface area (Å²) in [5, 5.41) is 2.91. The first-order valence-electron chi connectivity index (χ1n) is 8.63. The molecule has 27 heavy (non-hydrogen) atoms. The van der Waals surface area contributed by atoms with Crippen LogP contribution in [-0.4, -0.2) is 50.8 Å². The van der Waals surface area contributed by atoms with Gasteiger partial charge in [0.15, 0.2) is 5.82 Å². The molecule has 0 unspecified atom stereocenters. The Bertz CT molecular complexity index is 1030. The van der Waals surface area contributed by atoms with E-state index < -0.39 is 0 Å². The number of nitrogens with zero attached hydrogens (tertiary/aromatic N) is 4. The molecular weight excluding hydrogens is 346 g/mol. The van der Waals surface area contributed by atoms with Gasteiger partial charge in [-0.1, -0.05) is 0 Å². The van der Waals surface area contributed by atoms with Crippen molar-refractivity contribution in [3.05, 3.63) is 58.8 Å². The Kier molecular flexibility index (Phi) is 4.23. The summed E-state index contributed by atoms with van der Waals surface area (Å²) in [6.07, 6.45) is 6.79. The van der Waals surface area contributed by atoms with Crippen molar-refractivity contribution >= 4 is 5.91 Å². The van der Waals surface area contributed by atoms with Crippen LogP contribution in [-0.2, 0) is 0 Å². The van der Waals surface area contributed by atoms with Crippen molar-refractivity contribution in [1.29, 1.82) is 0 Å². The molecule has 0 aliphatic heterocycles. The van der Waals surface area contributed by atoms with E-state index in [4.69, 9.17) is 4.74 Å². The van der Waals surface area contributed by atoms with Crippen LogP contribution in [0.4, 0.5) is 0 Å². The standard InChI is InChI=1S/C19H19N5O3/c1-23(14-4-5-14)18(25)13-3-6-16(21-10-13)24-19(26)15(11-22-24)12-7-8-20-17(9-12)27-2/h3,6-11,14,22H,4-5H2,1-2H3. The van der Waals surface area contributed by atoms with E-state index >= 15 is 0 Å². The van der Waals surface area contributed by atoms with Gasteiger partial charge in [0, 0.05) is 37.7 Å². The van der Waals surface area contributed by atoms with Crippen molar-refractivity contribution in [3.8, 4) is 22.8 Å². The second-order valence-electron chi connectivity index (χ2n) is 6.47. The van der Waals surface area contributed by atoms with Crippen LogP contribution in [0.15, 0.2) is 47.7 Å². The number of carbonyl (C=O) groups excluding carboxylic acids is 1. The molecule has 0 atom stereocenters. The third kappa shape index (κ3) is 3.21. The summed E-state index contributed by atoms with van der Waals surface area (Å²) >= 11 is 0. The maximum absolute atomic E-state index is 12.7. The number of pyridine rings is 2. The minimum absolute atomic E-state index is 0.0556. The second-order valence-corrected chi connectivity index (χ2v) is 6.47. The second kappa shape index (κ2) is 6.71. The zero-order valence-electron chi connectivity index (χ0n) is 15.0. The van der Waals surface area contributed by atoms with Gasteiger partial charge in [-0.15, -0.1) is 0 Å². The predicted molar refractivity (Wildman–Crippen MR) is 99.1 cm³/mol. The number of hydrogen-bond acceptors (Lipinski definition) is 5. The third-order valence-corrected chi connectivity index (χ3v) is 4.67. The zero-order valence-corrected chi connectivity index (χ0v) is 15.0. The maximum atomic E-state index is 12.7. The van der Waals surface area contributed by atoms with Gasteiger partial charge in [0.2, 0.25) is 5.88 Å². The molecule has 0 saturated heterocycles. The Morgan fingerprint density at radius 2 is 2.11 bits per heavy atom. The molecule has 4 rings (SSSR count). The van der Waals surface area contributed by atoms with Crippen LogP contribution >= 0.6 is 0 Å². The van der Waals surface area contributed by atoms with E-state index in [1.54, 1.807) is 48.6 Å². The van der Waals surface area contributed by atoms with E-state index in [1.165, 1.54) is 18.0 Å². The fraction of sp³-hybridized carbons (Fsp3) is 0.263. The molecule has 1 fully saturated rings. The maximum Gasteiger partial charge on any atom is 0.280 e. The molecule has 8 nitrogen and oxygen atoms in total. The molecule has 0 bridgehead atoms. The van der Waals surface area contributed by atoms with Crippen molar-refractivity contribution in [2.75, 3.05) is 14.2 Å². The lowest BCUT2D eigenvalue weighted by atomic mass is 10.1. The highest BCUT2D eigenvalue weighted by molar-refractivity contribution is 5.94. The SMILES string of the molecule is COc1cc(-c2c[nH]n(-c3ccc(C(=O)N(C)C4CC4)cn3)c2=O)ccn1. The summed E-state index contributed by atoms with van der Waals surface area (Å²) in [6.45, 7) is 0. The van der Waals surface area contributed by atoms with Gasteiger partial charge in [-0.2, -0.15) is 0 Å². The van der Waals surface area contributed by atoms with Crippen LogP contribution in [0.3, 0.4) is 0 Å². The lowest BCUT2D eigenvalue weighted by Gasteiger charge is -2.15.